The summed E-state index contributed by atoms with van der Waals surface area (Å²) in [7, 11) is 0. The van der Waals surface area contributed by atoms with Gasteiger partial charge in [-0.1, -0.05) is 18.2 Å². The number of nitrogens with two attached hydrogens (primary N) is 1. The van der Waals surface area contributed by atoms with Crippen LogP contribution in [-0.4, -0.2) is 16.6 Å². The van der Waals surface area contributed by atoms with Gasteiger partial charge in [0.15, 0.2) is 0 Å². The summed E-state index contributed by atoms with van der Waals surface area (Å²) < 4.78 is 18.8. The normalized spacial score (nSPS) is 12.3. The van der Waals surface area contributed by atoms with Crippen LogP contribution in [0.15, 0.2) is 53.7 Å². The largest absolute Gasteiger partial charge is 0.492 e. The third-order valence-corrected chi connectivity index (χ3v) is 3.29. The number of nitrogens with zero attached hydrogens (tertiary/aromatic N) is 2. The number of hydrogen-bond donors (Lipinski definition) is 2. The van der Waals surface area contributed by atoms with E-state index in [-0.39, 0.29) is 5.03 Å². The second kappa shape index (κ2) is 7.79. The van der Waals surface area contributed by atoms with Crippen molar-refractivity contribution in [3.8, 4) is 5.75 Å². The van der Waals surface area contributed by atoms with Gasteiger partial charge in [-0.05, 0) is 32.1 Å². The number of hydrogen-bond acceptors (Lipinski definition) is 5. The minimum Gasteiger partial charge on any atom is -0.492 e. The molecule has 3 N–H and O–H groups in total. The number of halogens is 2. The summed E-state index contributed by atoms with van der Waals surface area (Å²) >= 11 is 5.56. The molecule has 1 aromatic heterocycles. The van der Waals surface area contributed by atoms with Crippen LogP contribution in [0.3, 0.4) is 0 Å². The number of anilines is 2. The monoisotopic (exact) mass is 348 g/mol. The number of nitrogen functional groups attached to an aromatic ring is 1. The average molecular weight is 349 g/mol. The molecule has 7 heteroatoms. The molecule has 24 heavy (non-hydrogen) atoms. The molecule has 5 nitrogen and oxygen atoms in total. The molecule has 0 aliphatic rings. The Labute approximate surface area is 144 Å². The van der Waals surface area contributed by atoms with E-state index in [4.69, 9.17) is 22.1 Å². The third-order valence-electron chi connectivity index (χ3n) is 3.11. The van der Waals surface area contributed by atoms with Crippen molar-refractivity contribution in [3.63, 3.8) is 0 Å². The molecule has 0 saturated carbocycles. The molecule has 0 atom stereocenters. The lowest BCUT2D eigenvalue weighted by Crippen LogP contribution is -2.02. The summed E-state index contributed by atoms with van der Waals surface area (Å²) in [5.41, 5.74) is 7.58. The number of fused-ring (bicyclic) bond motifs is 1. The number of ether oxygens (including phenoxy) is 1. The van der Waals surface area contributed by atoms with Gasteiger partial charge in [-0.15, -0.1) is 0 Å². The SMILES string of the molecule is C=C(/C=C\C(F)=C(/C)Cl)Nc1ncnc2cc(OCC)c(N)cc12. The lowest BCUT2D eigenvalue weighted by molar-refractivity contribution is 0.342. The van der Waals surface area contributed by atoms with Gasteiger partial charge in [-0.25, -0.2) is 14.4 Å². The van der Waals surface area contributed by atoms with Crippen molar-refractivity contribution in [1.82, 2.24) is 9.97 Å². The lowest BCUT2D eigenvalue weighted by Gasteiger charge is -2.11. The molecular formula is C17H18ClFN4O. The van der Waals surface area contributed by atoms with Crippen molar-refractivity contribution < 1.29 is 9.13 Å². The van der Waals surface area contributed by atoms with Crippen LogP contribution in [0.2, 0.25) is 0 Å². The zero-order valence-electron chi connectivity index (χ0n) is 13.4. The van der Waals surface area contributed by atoms with Crippen molar-refractivity contribution in [3.05, 3.63) is 53.7 Å². The Morgan fingerprint density at radius 1 is 1.42 bits per heavy atom. The van der Waals surface area contributed by atoms with Gasteiger partial charge < -0.3 is 15.8 Å². The summed E-state index contributed by atoms with van der Waals surface area (Å²) in [5, 5.41) is 3.77. The van der Waals surface area contributed by atoms with Crippen LogP contribution < -0.4 is 15.8 Å². The fraction of sp³-hybridized carbons (Fsp3) is 0.176. The minimum atomic E-state index is -0.530. The third kappa shape index (κ3) is 4.23. The van der Waals surface area contributed by atoms with Gasteiger partial charge in [-0.3, -0.25) is 0 Å². The topological polar surface area (TPSA) is 73.1 Å². The van der Waals surface area contributed by atoms with Crippen molar-refractivity contribution >= 4 is 34.0 Å². The summed E-state index contributed by atoms with van der Waals surface area (Å²) in [4.78, 5) is 8.39. The molecule has 0 unspecified atom stereocenters. The van der Waals surface area contributed by atoms with Crippen LogP contribution in [0.5, 0.6) is 5.75 Å². The lowest BCUT2D eigenvalue weighted by atomic mass is 10.2. The standard InChI is InChI=1S/C17H18ClFN4O/c1-4-24-16-8-15-12(7-14(16)20)17(22-9-21-15)23-10(2)5-6-13(19)11(3)18/h5-9H,2,4,20H2,1,3H3,(H,21,22,23)/b6-5-,13-11-. The molecule has 1 aromatic carbocycles. The molecule has 0 aliphatic carbocycles. The smallest absolute Gasteiger partial charge is 0.144 e. The van der Waals surface area contributed by atoms with E-state index in [1.807, 2.05) is 6.92 Å². The van der Waals surface area contributed by atoms with Gasteiger partial charge in [0.25, 0.3) is 0 Å². The van der Waals surface area contributed by atoms with Crippen LogP contribution in [0.1, 0.15) is 13.8 Å². The van der Waals surface area contributed by atoms with Crippen molar-refractivity contribution in [1.29, 1.82) is 0 Å². The number of allylic oxidation sites excluding steroid dienone is 4. The van der Waals surface area contributed by atoms with Crippen molar-refractivity contribution in [2.75, 3.05) is 17.7 Å². The molecule has 0 radical (unpaired) electrons. The first kappa shape index (κ1) is 17.7. The Morgan fingerprint density at radius 3 is 2.83 bits per heavy atom. The van der Waals surface area contributed by atoms with Crippen LogP contribution in [-0.2, 0) is 0 Å². The van der Waals surface area contributed by atoms with Gasteiger partial charge in [0.05, 0.1) is 22.8 Å². The molecule has 1 heterocycles. The molecule has 2 aromatic rings. The summed E-state index contributed by atoms with van der Waals surface area (Å²) in [6, 6.07) is 3.47. The molecule has 0 spiro atoms. The molecule has 0 fully saturated rings. The Balaban J connectivity index is 2.31. The Morgan fingerprint density at radius 2 is 2.17 bits per heavy atom. The van der Waals surface area contributed by atoms with E-state index < -0.39 is 5.83 Å². The number of nitrogens with one attached hydrogen (secondary N) is 1. The quantitative estimate of drug-likeness (QED) is 0.592. The molecular weight excluding hydrogens is 331 g/mol. The molecule has 2 rings (SSSR count). The van der Waals surface area contributed by atoms with Gasteiger partial charge >= 0.3 is 0 Å². The van der Waals surface area contributed by atoms with Gasteiger partial charge in [-0.2, -0.15) is 0 Å². The highest BCUT2D eigenvalue weighted by Crippen LogP contribution is 2.30. The number of aromatic nitrogens is 2. The van der Waals surface area contributed by atoms with E-state index in [1.165, 1.54) is 25.4 Å². The maximum Gasteiger partial charge on any atom is 0.144 e. The van der Waals surface area contributed by atoms with Crippen LogP contribution in [0, 0.1) is 0 Å². The second-order valence-corrected chi connectivity index (χ2v) is 5.49. The Bertz CT molecular complexity index is 829. The maximum absolute atomic E-state index is 13.4. The van der Waals surface area contributed by atoms with E-state index in [1.54, 1.807) is 12.1 Å². The molecule has 0 aliphatic heterocycles. The highest BCUT2D eigenvalue weighted by Gasteiger charge is 2.09. The molecule has 0 saturated heterocycles. The van der Waals surface area contributed by atoms with Gasteiger partial charge in [0.1, 0.15) is 23.7 Å². The van der Waals surface area contributed by atoms with Gasteiger partial charge in [0, 0.05) is 17.1 Å². The summed E-state index contributed by atoms with van der Waals surface area (Å²) in [6.07, 6.45) is 4.10. The van der Waals surface area contributed by atoms with Crippen molar-refractivity contribution in [2.45, 2.75) is 13.8 Å². The van der Waals surface area contributed by atoms with Crippen LogP contribution in [0.25, 0.3) is 10.9 Å². The minimum absolute atomic E-state index is 0.0720. The van der Waals surface area contributed by atoms with E-state index in [0.29, 0.717) is 40.5 Å². The van der Waals surface area contributed by atoms with E-state index in [9.17, 15) is 4.39 Å². The fourth-order valence-corrected chi connectivity index (χ4v) is 2.03. The van der Waals surface area contributed by atoms with Crippen LogP contribution >= 0.6 is 11.6 Å². The fourth-order valence-electron chi connectivity index (χ4n) is 1.96. The summed E-state index contributed by atoms with van der Waals surface area (Å²) in [6.45, 7) is 7.66. The van der Waals surface area contributed by atoms with Gasteiger partial charge in [0.2, 0.25) is 0 Å². The molecule has 126 valence electrons. The zero-order valence-corrected chi connectivity index (χ0v) is 14.2. The number of benzene rings is 1. The summed E-state index contributed by atoms with van der Waals surface area (Å²) in [5.74, 6) is 0.548. The Hall–Kier alpha value is -2.60. The average Bonchev–Trinajstić information content (AvgIpc) is 2.54. The van der Waals surface area contributed by atoms with E-state index >= 15 is 0 Å². The Kier molecular flexibility index (Phi) is 5.76. The molecule has 0 amide bonds. The highest BCUT2D eigenvalue weighted by atomic mass is 35.5. The van der Waals surface area contributed by atoms with E-state index in [0.717, 1.165) is 0 Å². The highest BCUT2D eigenvalue weighted by molar-refractivity contribution is 6.29. The number of rotatable bonds is 6. The predicted octanol–water partition coefficient (Wildman–Crippen LogP) is 4.53. The first-order valence-corrected chi connectivity index (χ1v) is 7.63. The second-order valence-electron chi connectivity index (χ2n) is 4.93. The van der Waals surface area contributed by atoms with Crippen LogP contribution in [0.4, 0.5) is 15.9 Å². The molecule has 0 bridgehead atoms. The first-order chi connectivity index (χ1) is 11.4. The maximum atomic E-state index is 13.4. The predicted molar refractivity (Wildman–Crippen MR) is 96.7 cm³/mol. The van der Waals surface area contributed by atoms with E-state index in [2.05, 4.69) is 21.9 Å². The first-order valence-electron chi connectivity index (χ1n) is 7.25. The van der Waals surface area contributed by atoms with Crippen molar-refractivity contribution in [2.24, 2.45) is 0 Å². The zero-order chi connectivity index (χ0) is 17.7.